The van der Waals surface area contributed by atoms with Crippen molar-refractivity contribution in [3.8, 4) is 6.07 Å². The van der Waals surface area contributed by atoms with Crippen LogP contribution in [0.4, 0.5) is 10.2 Å². The lowest BCUT2D eigenvalue weighted by atomic mass is 10.1. The van der Waals surface area contributed by atoms with Crippen LogP contribution in [0.3, 0.4) is 0 Å². The predicted molar refractivity (Wildman–Crippen MR) is 64.6 cm³/mol. The first-order chi connectivity index (χ1) is 8.10. The fourth-order valence-electron chi connectivity index (χ4n) is 1.44. The maximum atomic E-state index is 13.1. The van der Waals surface area contributed by atoms with Crippen molar-refractivity contribution < 1.29 is 4.39 Å². The van der Waals surface area contributed by atoms with E-state index in [1.54, 1.807) is 23.0 Å². The molecule has 1 heterocycles. The third-order valence-corrected chi connectivity index (χ3v) is 2.85. The number of nitrogens with zero attached hydrogens (tertiary/aromatic N) is 3. The molecule has 0 aliphatic rings. The van der Waals surface area contributed by atoms with Crippen LogP contribution in [0.5, 0.6) is 0 Å². The van der Waals surface area contributed by atoms with Crippen LogP contribution < -0.4 is 5.73 Å². The van der Waals surface area contributed by atoms with E-state index in [9.17, 15) is 4.39 Å². The Morgan fingerprint density at radius 2 is 2.29 bits per heavy atom. The Balaban J connectivity index is 2.28. The molecule has 0 radical (unpaired) electrons. The van der Waals surface area contributed by atoms with Crippen LogP contribution >= 0.6 is 15.9 Å². The predicted octanol–water partition coefficient (Wildman–Crippen LogP) is 2.29. The van der Waals surface area contributed by atoms with E-state index in [0.717, 1.165) is 5.56 Å². The number of rotatable bonds is 2. The highest BCUT2D eigenvalue weighted by Crippen LogP contribution is 2.17. The fourth-order valence-corrected chi connectivity index (χ4v) is 1.75. The van der Waals surface area contributed by atoms with Gasteiger partial charge in [0, 0.05) is 6.20 Å². The molecule has 0 spiro atoms. The molecule has 6 heteroatoms. The maximum Gasteiger partial charge on any atom is 0.159 e. The van der Waals surface area contributed by atoms with Crippen molar-refractivity contribution in [2.24, 2.45) is 0 Å². The summed E-state index contributed by atoms with van der Waals surface area (Å²) in [5.41, 5.74) is 6.40. The normalized spacial score (nSPS) is 10.2. The molecule has 0 fully saturated rings. The summed E-state index contributed by atoms with van der Waals surface area (Å²) in [5, 5.41) is 12.8. The highest BCUT2D eigenvalue weighted by atomic mass is 79.9. The van der Waals surface area contributed by atoms with Gasteiger partial charge in [0.15, 0.2) is 5.82 Å². The summed E-state index contributed by atoms with van der Waals surface area (Å²) in [5.74, 6) is -0.120. The Hall–Kier alpha value is -1.87. The molecule has 2 N–H and O–H groups in total. The third kappa shape index (κ3) is 2.45. The number of nitriles is 1. The van der Waals surface area contributed by atoms with Crippen molar-refractivity contribution in [3.05, 3.63) is 45.8 Å². The second-order valence-corrected chi connectivity index (χ2v) is 4.34. The molecule has 2 aromatic rings. The van der Waals surface area contributed by atoms with E-state index in [1.807, 2.05) is 0 Å². The molecule has 0 atom stereocenters. The minimum atomic E-state index is -0.516. The summed E-state index contributed by atoms with van der Waals surface area (Å²) in [6, 6.07) is 6.19. The highest BCUT2D eigenvalue weighted by Gasteiger charge is 2.06. The van der Waals surface area contributed by atoms with Crippen LogP contribution in [0.1, 0.15) is 11.1 Å². The van der Waals surface area contributed by atoms with Gasteiger partial charge in [-0.2, -0.15) is 10.4 Å². The van der Waals surface area contributed by atoms with Gasteiger partial charge in [0.25, 0.3) is 0 Å². The first-order valence-corrected chi connectivity index (χ1v) is 5.56. The molecule has 0 saturated carbocycles. The molecule has 0 aliphatic heterocycles. The monoisotopic (exact) mass is 294 g/mol. The number of aromatic nitrogens is 2. The Bertz CT molecular complexity index is 581. The summed E-state index contributed by atoms with van der Waals surface area (Å²) in [7, 11) is 0. The van der Waals surface area contributed by atoms with Crippen molar-refractivity contribution >= 4 is 21.7 Å². The van der Waals surface area contributed by atoms with Gasteiger partial charge in [0.1, 0.15) is 11.9 Å². The largest absolute Gasteiger partial charge is 0.381 e. The van der Waals surface area contributed by atoms with Gasteiger partial charge in [-0.3, -0.25) is 4.68 Å². The van der Waals surface area contributed by atoms with E-state index in [-0.39, 0.29) is 5.56 Å². The van der Waals surface area contributed by atoms with Crippen LogP contribution in [-0.2, 0) is 6.54 Å². The summed E-state index contributed by atoms with van der Waals surface area (Å²) in [6.07, 6.45) is 1.73. The Morgan fingerprint density at radius 3 is 2.88 bits per heavy atom. The van der Waals surface area contributed by atoms with E-state index >= 15 is 0 Å². The van der Waals surface area contributed by atoms with Crippen molar-refractivity contribution in [2.75, 3.05) is 5.73 Å². The molecule has 0 unspecified atom stereocenters. The van der Waals surface area contributed by atoms with Crippen LogP contribution in [0.15, 0.2) is 28.9 Å². The minimum Gasteiger partial charge on any atom is -0.381 e. The van der Waals surface area contributed by atoms with Crippen LogP contribution in [0.25, 0.3) is 0 Å². The smallest absolute Gasteiger partial charge is 0.159 e. The van der Waals surface area contributed by atoms with Crippen molar-refractivity contribution in [2.45, 2.75) is 6.54 Å². The van der Waals surface area contributed by atoms with Gasteiger partial charge in [-0.05, 0) is 33.6 Å². The second kappa shape index (κ2) is 4.55. The highest BCUT2D eigenvalue weighted by molar-refractivity contribution is 9.10. The molecular formula is C11H8BrFN4. The second-order valence-electron chi connectivity index (χ2n) is 3.49. The molecule has 0 amide bonds. The van der Waals surface area contributed by atoms with Crippen LogP contribution in [-0.4, -0.2) is 9.78 Å². The number of nitrogen functional groups attached to an aromatic ring is 1. The topological polar surface area (TPSA) is 67.6 Å². The summed E-state index contributed by atoms with van der Waals surface area (Å²) in [6.45, 7) is 0.435. The van der Waals surface area contributed by atoms with Gasteiger partial charge in [-0.1, -0.05) is 6.07 Å². The summed E-state index contributed by atoms with van der Waals surface area (Å²) >= 11 is 3.25. The van der Waals surface area contributed by atoms with Gasteiger partial charge in [0.2, 0.25) is 0 Å². The number of hydrogen-bond donors (Lipinski definition) is 1. The lowest BCUT2D eigenvalue weighted by Gasteiger charge is -2.02. The average molecular weight is 295 g/mol. The summed E-state index contributed by atoms with van der Waals surface area (Å²) in [4.78, 5) is 0. The van der Waals surface area contributed by atoms with Gasteiger partial charge < -0.3 is 5.73 Å². The van der Waals surface area contributed by atoms with Gasteiger partial charge >= 0.3 is 0 Å². The minimum absolute atomic E-state index is 0.0293. The lowest BCUT2D eigenvalue weighted by Crippen LogP contribution is -2.02. The number of benzene rings is 1. The molecule has 86 valence electrons. The molecule has 1 aromatic heterocycles. The van der Waals surface area contributed by atoms with Crippen LogP contribution in [0, 0.1) is 17.1 Å². The van der Waals surface area contributed by atoms with Crippen molar-refractivity contribution in [3.63, 3.8) is 0 Å². The standard InChI is InChI=1S/C11H8BrFN4/c12-9-6-17(16-11(9)15)5-7-1-2-10(13)8(3-7)4-14/h1-3,6H,5H2,(H2,15,16). The number of hydrogen-bond acceptors (Lipinski definition) is 3. The number of nitrogens with two attached hydrogens (primary N) is 1. The Labute approximate surface area is 106 Å². The van der Waals surface area contributed by atoms with Gasteiger partial charge in [-0.15, -0.1) is 0 Å². The van der Waals surface area contributed by atoms with E-state index in [0.29, 0.717) is 16.8 Å². The third-order valence-electron chi connectivity index (χ3n) is 2.24. The molecule has 4 nitrogen and oxygen atoms in total. The lowest BCUT2D eigenvalue weighted by molar-refractivity contribution is 0.620. The van der Waals surface area contributed by atoms with Crippen LogP contribution in [0.2, 0.25) is 0 Å². The first kappa shape index (κ1) is 11.6. The molecule has 0 bridgehead atoms. The Morgan fingerprint density at radius 1 is 1.53 bits per heavy atom. The number of anilines is 1. The molecular weight excluding hydrogens is 287 g/mol. The van der Waals surface area contributed by atoms with Gasteiger partial charge in [-0.25, -0.2) is 4.39 Å². The van der Waals surface area contributed by atoms with Crippen molar-refractivity contribution in [1.82, 2.24) is 9.78 Å². The first-order valence-electron chi connectivity index (χ1n) is 4.77. The molecule has 2 rings (SSSR count). The van der Waals surface area contributed by atoms with E-state index < -0.39 is 5.82 Å². The fraction of sp³-hybridized carbons (Fsp3) is 0.0909. The van der Waals surface area contributed by atoms with Gasteiger partial charge in [0.05, 0.1) is 16.6 Å². The SMILES string of the molecule is N#Cc1cc(Cn2cc(Br)c(N)n2)ccc1F. The molecule has 1 aromatic carbocycles. The molecule has 0 aliphatic carbocycles. The van der Waals surface area contributed by atoms with Crippen molar-refractivity contribution in [1.29, 1.82) is 5.26 Å². The van der Waals surface area contributed by atoms with E-state index in [1.165, 1.54) is 12.1 Å². The average Bonchev–Trinajstić information content (AvgIpc) is 2.61. The molecule has 17 heavy (non-hydrogen) atoms. The zero-order valence-corrected chi connectivity index (χ0v) is 10.3. The number of halogens is 2. The van der Waals surface area contributed by atoms with E-state index in [4.69, 9.17) is 11.0 Å². The van der Waals surface area contributed by atoms with E-state index in [2.05, 4.69) is 21.0 Å². The maximum absolute atomic E-state index is 13.1. The molecule has 0 saturated heterocycles. The Kier molecular flexibility index (Phi) is 3.11. The zero-order chi connectivity index (χ0) is 12.4. The quantitative estimate of drug-likeness (QED) is 0.924. The summed E-state index contributed by atoms with van der Waals surface area (Å²) < 4.78 is 15.4. The zero-order valence-electron chi connectivity index (χ0n) is 8.69.